The first-order valence-electron chi connectivity index (χ1n) is 8.99. The van der Waals surface area contributed by atoms with Gasteiger partial charge in [-0.1, -0.05) is 0 Å². The number of benzene rings is 1. The Morgan fingerprint density at radius 3 is 2.50 bits per heavy atom. The van der Waals surface area contributed by atoms with E-state index in [4.69, 9.17) is 5.41 Å². The minimum atomic E-state index is -3.70. The van der Waals surface area contributed by atoms with Crippen molar-refractivity contribution in [3.63, 3.8) is 0 Å². The van der Waals surface area contributed by atoms with Gasteiger partial charge in [0.25, 0.3) is 5.91 Å². The van der Waals surface area contributed by atoms with Crippen molar-refractivity contribution in [3.8, 4) is 0 Å². The zero-order valence-corrected chi connectivity index (χ0v) is 16.5. The number of amidine groups is 1. The number of anilines is 1. The Balaban J connectivity index is 1.65. The molecule has 4 rings (SSSR count). The highest BCUT2D eigenvalue weighted by atomic mass is 32.2. The summed E-state index contributed by atoms with van der Waals surface area (Å²) in [6.07, 6.45) is 1.39. The van der Waals surface area contributed by atoms with Gasteiger partial charge in [0.05, 0.1) is 17.5 Å². The number of nitrogens with one attached hydrogen (secondary N) is 3. The normalized spacial score (nSPS) is 23.7. The summed E-state index contributed by atoms with van der Waals surface area (Å²) < 4.78 is 65.7. The Morgan fingerprint density at radius 2 is 1.90 bits per heavy atom. The lowest BCUT2D eigenvalue weighted by molar-refractivity contribution is 0.101. The van der Waals surface area contributed by atoms with Crippen molar-refractivity contribution in [3.05, 3.63) is 59.2 Å². The van der Waals surface area contributed by atoms with Crippen LogP contribution in [0.5, 0.6) is 0 Å². The van der Waals surface area contributed by atoms with Crippen LogP contribution in [0.1, 0.15) is 35.8 Å². The Labute approximate surface area is 170 Å². The largest absolute Gasteiger partial charge is 0.362 e. The van der Waals surface area contributed by atoms with E-state index in [2.05, 4.69) is 15.6 Å². The molecular formula is C19H17F3N4O3S. The van der Waals surface area contributed by atoms with Gasteiger partial charge in [0.15, 0.2) is 21.3 Å². The molecule has 1 saturated carbocycles. The highest BCUT2D eigenvalue weighted by Crippen LogP contribution is 2.49. The quantitative estimate of drug-likeness (QED) is 0.682. The molecule has 2 fully saturated rings. The van der Waals surface area contributed by atoms with Crippen LogP contribution in [-0.2, 0) is 15.4 Å². The van der Waals surface area contributed by atoms with Crippen LogP contribution in [0, 0.1) is 22.9 Å². The SMILES string of the molecule is C[C@@]1(c2cc(NC(=O)c3ncc(F)cc3F)ccc2F)CS(=O)(=O)C2(CC2)C(=N)N1. The monoisotopic (exact) mass is 438 g/mol. The van der Waals surface area contributed by atoms with E-state index in [1.807, 2.05) is 0 Å². The van der Waals surface area contributed by atoms with Gasteiger partial charge in [0, 0.05) is 17.3 Å². The van der Waals surface area contributed by atoms with Crippen LogP contribution in [0.2, 0.25) is 0 Å². The van der Waals surface area contributed by atoms with Crippen molar-refractivity contribution in [2.24, 2.45) is 0 Å². The number of aromatic nitrogens is 1. The third-order valence-electron chi connectivity index (χ3n) is 5.48. The van der Waals surface area contributed by atoms with Crippen molar-refractivity contribution in [1.82, 2.24) is 10.3 Å². The number of halogens is 3. The highest BCUT2D eigenvalue weighted by Gasteiger charge is 2.63. The number of sulfone groups is 1. The summed E-state index contributed by atoms with van der Waals surface area (Å²) >= 11 is 0. The van der Waals surface area contributed by atoms with Crippen molar-refractivity contribution in [2.45, 2.75) is 30.1 Å². The van der Waals surface area contributed by atoms with Gasteiger partial charge in [-0.25, -0.2) is 26.6 Å². The maximum Gasteiger partial charge on any atom is 0.277 e. The third-order valence-corrected chi connectivity index (χ3v) is 8.24. The van der Waals surface area contributed by atoms with Crippen molar-refractivity contribution in [2.75, 3.05) is 11.1 Å². The lowest BCUT2D eigenvalue weighted by Crippen LogP contribution is -2.61. The number of rotatable bonds is 3. The summed E-state index contributed by atoms with van der Waals surface area (Å²) in [5.74, 6) is -4.42. The number of carbonyl (C=O) groups excluding carboxylic acids is 1. The molecule has 0 unspecified atom stereocenters. The molecule has 158 valence electrons. The van der Waals surface area contributed by atoms with Crippen LogP contribution in [0.4, 0.5) is 18.9 Å². The zero-order valence-electron chi connectivity index (χ0n) is 15.7. The van der Waals surface area contributed by atoms with Gasteiger partial charge in [-0.15, -0.1) is 0 Å². The predicted molar refractivity (Wildman–Crippen MR) is 102 cm³/mol. The van der Waals surface area contributed by atoms with E-state index in [9.17, 15) is 26.4 Å². The van der Waals surface area contributed by atoms with E-state index in [0.717, 1.165) is 6.07 Å². The average Bonchev–Trinajstić information content (AvgIpc) is 3.44. The molecule has 1 amide bonds. The summed E-state index contributed by atoms with van der Waals surface area (Å²) in [6.45, 7) is 1.46. The van der Waals surface area contributed by atoms with Gasteiger partial charge in [-0.2, -0.15) is 0 Å². The van der Waals surface area contributed by atoms with Crippen LogP contribution < -0.4 is 10.6 Å². The standard InChI is InChI=1S/C19H17F3N4O3S/c1-18(9-30(28,29)19(4-5-19)17(23)26-18)12-7-11(2-3-13(12)21)25-16(27)15-14(22)6-10(20)8-24-15/h2-3,6-8H,4-5,9H2,1H3,(H2,23,26)(H,25,27)/t18-/m0/s1. The molecule has 0 radical (unpaired) electrons. The molecule has 1 aromatic carbocycles. The number of nitrogens with zero attached hydrogens (tertiary/aromatic N) is 1. The second kappa shape index (κ2) is 6.53. The molecule has 3 N–H and O–H groups in total. The summed E-state index contributed by atoms with van der Waals surface area (Å²) in [5, 5.41) is 13.3. The lowest BCUT2D eigenvalue weighted by Gasteiger charge is -2.40. The van der Waals surface area contributed by atoms with Gasteiger partial charge in [0.2, 0.25) is 0 Å². The average molecular weight is 438 g/mol. The molecular weight excluding hydrogens is 421 g/mol. The Bertz CT molecular complexity index is 1200. The molecule has 1 atom stereocenters. The fourth-order valence-electron chi connectivity index (χ4n) is 3.72. The van der Waals surface area contributed by atoms with Gasteiger partial charge >= 0.3 is 0 Å². The topological polar surface area (TPSA) is 112 Å². The molecule has 1 aliphatic carbocycles. The van der Waals surface area contributed by atoms with Crippen molar-refractivity contribution < 1.29 is 26.4 Å². The van der Waals surface area contributed by atoms with Crippen LogP contribution in [0.3, 0.4) is 0 Å². The molecule has 1 spiro atoms. The second-order valence-corrected chi connectivity index (χ2v) is 10.0. The second-order valence-electron chi connectivity index (χ2n) is 7.72. The van der Waals surface area contributed by atoms with Crippen LogP contribution in [0.25, 0.3) is 0 Å². The fraction of sp³-hybridized carbons (Fsp3) is 0.316. The number of carbonyl (C=O) groups is 1. The van der Waals surface area contributed by atoms with E-state index in [0.29, 0.717) is 25.1 Å². The first kappa shape index (κ1) is 20.3. The third kappa shape index (κ3) is 3.13. The molecule has 30 heavy (non-hydrogen) atoms. The molecule has 1 saturated heterocycles. The molecule has 2 aliphatic rings. The van der Waals surface area contributed by atoms with E-state index < -0.39 is 54.9 Å². The highest BCUT2D eigenvalue weighted by molar-refractivity contribution is 7.94. The molecule has 1 aliphatic heterocycles. The van der Waals surface area contributed by atoms with Crippen LogP contribution >= 0.6 is 0 Å². The fourth-order valence-corrected chi connectivity index (χ4v) is 6.07. The van der Waals surface area contributed by atoms with Crippen molar-refractivity contribution >= 4 is 27.3 Å². The number of hydrogen-bond acceptors (Lipinski definition) is 5. The van der Waals surface area contributed by atoms with E-state index in [1.165, 1.54) is 19.1 Å². The van der Waals surface area contributed by atoms with E-state index in [1.54, 1.807) is 0 Å². The Kier molecular flexibility index (Phi) is 4.42. The summed E-state index contributed by atoms with van der Waals surface area (Å²) in [4.78, 5) is 15.7. The molecule has 7 nitrogen and oxygen atoms in total. The van der Waals surface area contributed by atoms with Crippen LogP contribution in [-0.4, -0.2) is 35.6 Å². The number of amides is 1. The Hall–Kier alpha value is -2.95. The first-order valence-corrected chi connectivity index (χ1v) is 10.6. The van der Waals surface area contributed by atoms with Gasteiger partial charge < -0.3 is 10.6 Å². The van der Waals surface area contributed by atoms with Gasteiger partial charge in [0.1, 0.15) is 22.2 Å². The molecule has 0 bridgehead atoms. The summed E-state index contributed by atoms with van der Waals surface area (Å²) in [6, 6.07) is 3.97. The first-order chi connectivity index (χ1) is 14.0. The number of pyridine rings is 1. The number of hydrogen-bond donors (Lipinski definition) is 3. The van der Waals surface area contributed by atoms with Crippen LogP contribution in [0.15, 0.2) is 30.5 Å². The predicted octanol–water partition coefficient (Wildman–Crippen LogP) is 2.49. The minimum Gasteiger partial charge on any atom is -0.362 e. The smallest absolute Gasteiger partial charge is 0.277 e. The Morgan fingerprint density at radius 1 is 1.20 bits per heavy atom. The maximum absolute atomic E-state index is 14.6. The maximum atomic E-state index is 14.6. The minimum absolute atomic E-state index is 0.0561. The van der Waals surface area contributed by atoms with E-state index in [-0.39, 0.29) is 17.1 Å². The molecule has 2 heterocycles. The van der Waals surface area contributed by atoms with Gasteiger partial charge in [-0.05, 0) is 38.0 Å². The van der Waals surface area contributed by atoms with Gasteiger partial charge in [-0.3, -0.25) is 10.2 Å². The van der Waals surface area contributed by atoms with E-state index >= 15 is 0 Å². The summed E-state index contributed by atoms with van der Waals surface area (Å²) in [5.41, 5.74) is -2.10. The van der Waals surface area contributed by atoms with Crippen molar-refractivity contribution in [1.29, 1.82) is 5.41 Å². The molecule has 2 aromatic rings. The molecule has 11 heteroatoms. The lowest BCUT2D eigenvalue weighted by atomic mass is 9.92. The zero-order chi connectivity index (χ0) is 21.9. The summed E-state index contributed by atoms with van der Waals surface area (Å²) in [7, 11) is -3.70. The molecule has 1 aromatic heterocycles.